The van der Waals surface area contributed by atoms with Gasteiger partial charge in [-0.1, -0.05) is 67.3 Å². The molecule has 3 aromatic carbocycles. The summed E-state index contributed by atoms with van der Waals surface area (Å²) in [5, 5.41) is 14.4. The zero-order chi connectivity index (χ0) is 27.4. The van der Waals surface area contributed by atoms with E-state index >= 15 is 0 Å². The van der Waals surface area contributed by atoms with E-state index in [1.54, 1.807) is 12.1 Å². The van der Waals surface area contributed by atoms with E-state index < -0.39 is 22.3 Å². The standard InChI is InChI=1S/C31H36N2O5S/c1-22-12-15-27(16-13-22)39(36,37)38-21-29(34)30(23-8-4-2-5-9-23)33-19-18-25-20-26(14-17-28(25)33)32-31(35)24-10-6-3-7-11-24/h2,4-5,8-9,12-17,20,24,29-30,34H,3,6-7,10-11,18-19,21H2,1H3,(H,32,35). The Labute approximate surface area is 230 Å². The summed E-state index contributed by atoms with van der Waals surface area (Å²) in [5.41, 5.74) is 4.64. The topological polar surface area (TPSA) is 95.9 Å². The number of amides is 1. The first-order chi connectivity index (χ1) is 18.8. The molecule has 0 saturated heterocycles. The lowest BCUT2D eigenvalue weighted by atomic mass is 9.88. The zero-order valence-electron chi connectivity index (χ0n) is 22.3. The summed E-state index contributed by atoms with van der Waals surface area (Å²) >= 11 is 0. The maximum absolute atomic E-state index is 12.8. The van der Waals surface area contributed by atoms with Crippen molar-refractivity contribution >= 4 is 27.4 Å². The second kappa shape index (κ2) is 11.9. The average molecular weight is 549 g/mol. The largest absolute Gasteiger partial charge is 0.388 e. The van der Waals surface area contributed by atoms with E-state index in [9.17, 15) is 18.3 Å². The summed E-state index contributed by atoms with van der Waals surface area (Å²) in [6.07, 6.45) is 4.96. The first kappa shape index (κ1) is 27.4. The molecule has 206 valence electrons. The predicted octanol–water partition coefficient (Wildman–Crippen LogP) is 5.38. The van der Waals surface area contributed by atoms with Gasteiger partial charge < -0.3 is 15.3 Å². The Morgan fingerprint density at radius 1 is 1.03 bits per heavy atom. The second-order valence-corrected chi connectivity index (χ2v) is 12.2. The number of nitrogens with zero attached hydrogens (tertiary/aromatic N) is 1. The number of benzene rings is 3. The quantitative estimate of drug-likeness (QED) is 0.349. The van der Waals surface area contributed by atoms with E-state index in [-0.39, 0.29) is 23.3 Å². The number of rotatable bonds is 9. The van der Waals surface area contributed by atoms with Crippen LogP contribution < -0.4 is 10.2 Å². The van der Waals surface area contributed by atoms with Crippen LogP contribution in [-0.4, -0.2) is 38.7 Å². The van der Waals surface area contributed by atoms with Crippen LogP contribution in [0, 0.1) is 12.8 Å². The predicted molar refractivity (Wildman–Crippen MR) is 152 cm³/mol. The maximum Gasteiger partial charge on any atom is 0.297 e. The van der Waals surface area contributed by atoms with Gasteiger partial charge >= 0.3 is 0 Å². The molecule has 7 nitrogen and oxygen atoms in total. The van der Waals surface area contributed by atoms with E-state index in [0.29, 0.717) is 6.54 Å². The molecule has 1 aliphatic heterocycles. The van der Waals surface area contributed by atoms with Crippen LogP contribution in [0.1, 0.15) is 54.8 Å². The molecule has 3 aromatic rings. The van der Waals surface area contributed by atoms with E-state index in [0.717, 1.165) is 60.2 Å². The summed E-state index contributed by atoms with van der Waals surface area (Å²) in [5.74, 6) is 0.173. The van der Waals surface area contributed by atoms with Crippen LogP contribution in [0.25, 0.3) is 0 Å². The number of nitrogens with one attached hydrogen (secondary N) is 1. The Bertz CT molecular complexity index is 1390. The zero-order valence-corrected chi connectivity index (χ0v) is 23.1. The fourth-order valence-corrected chi connectivity index (χ4v) is 6.61. The molecule has 1 amide bonds. The number of anilines is 2. The van der Waals surface area contributed by atoms with Gasteiger partial charge in [0, 0.05) is 23.8 Å². The summed E-state index contributed by atoms with van der Waals surface area (Å²) in [6.45, 7) is 2.15. The van der Waals surface area contributed by atoms with Crippen molar-refractivity contribution in [1.82, 2.24) is 0 Å². The number of aliphatic hydroxyl groups is 1. The third-order valence-electron chi connectivity index (χ3n) is 7.80. The molecule has 1 aliphatic carbocycles. The van der Waals surface area contributed by atoms with Gasteiger partial charge in [0.2, 0.25) is 5.91 Å². The molecule has 2 aliphatic rings. The highest BCUT2D eigenvalue weighted by atomic mass is 32.2. The van der Waals surface area contributed by atoms with Gasteiger partial charge in [0.15, 0.2) is 0 Å². The SMILES string of the molecule is Cc1ccc(S(=O)(=O)OCC(O)C(c2ccccc2)N2CCc3cc(NC(=O)C4CCCCC4)ccc32)cc1. The van der Waals surface area contributed by atoms with Crippen molar-refractivity contribution in [3.8, 4) is 0 Å². The van der Waals surface area contributed by atoms with Gasteiger partial charge in [-0.2, -0.15) is 8.42 Å². The minimum atomic E-state index is -4.02. The van der Waals surface area contributed by atoms with Crippen molar-refractivity contribution in [2.75, 3.05) is 23.4 Å². The van der Waals surface area contributed by atoms with Crippen molar-refractivity contribution in [2.45, 2.75) is 62.5 Å². The molecule has 0 radical (unpaired) electrons. The lowest BCUT2D eigenvalue weighted by molar-refractivity contribution is -0.120. The van der Waals surface area contributed by atoms with Crippen LogP contribution in [0.15, 0.2) is 77.7 Å². The normalized spacial score (nSPS) is 17.4. The minimum absolute atomic E-state index is 0.0610. The van der Waals surface area contributed by atoms with Crippen molar-refractivity contribution in [2.24, 2.45) is 5.92 Å². The fourth-order valence-electron chi connectivity index (χ4n) is 5.69. The Kier molecular flexibility index (Phi) is 8.35. The lowest BCUT2D eigenvalue weighted by Gasteiger charge is -2.34. The van der Waals surface area contributed by atoms with Crippen LogP contribution in [0.2, 0.25) is 0 Å². The molecule has 8 heteroatoms. The van der Waals surface area contributed by atoms with Crippen LogP contribution in [-0.2, 0) is 25.5 Å². The van der Waals surface area contributed by atoms with Gasteiger partial charge in [-0.25, -0.2) is 0 Å². The van der Waals surface area contributed by atoms with Gasteiger partial charge in [0.05, 0.1) is 17.5 Å². The van der Waals surface area contributed by atoms with Gasteiger partial charge in [0.1, 0.15) is 6.10 Å². The van der Waals surface area contributed by atoms with E-state index in [1.165, 1.54) is 18.6 Å². The van der Waals surface area contributed by atoms with Crippen molar-refractivity contribution < 1.29 is 22.5 Å². The summed E-state index contributed by atoms with van der Waals surface area (Å²) in [4.78, 5) is 14.9. The molecule has 1 saturated carbocycles. The van der Waals surface area contributed by atoms with Crippen LogP contribution >= 0.6 is 0 Å². The van der Waals surface area contributed by atoms with Crippen molar-refractivity contribution in [3.63, 3.8) is 0 Å². The maximum atomic E-state index is 12.8. The molecular weight excluding hydrogens is 512 g/mol. The number of carbonyl (C=O) groups is 1. The highest BCUT2D eigenvalue weighted by Crippen LogP contribution is 2.38. The van der Waals surface area contributed by atoms with E-state index in [1.807, 2.05) is 55.5 Å². The second-order valence-electron chi connectivity index (χ2n) is 10.6. The molecule has 1 fully saturated rings. The smallest absolute Gasteiger partial charge is 0.297 e. The number of aryl methyl sites for hydroxylation is 1. The van der Waals surface area contributed by atoms with Crippen LogP contribution in [0.3, 0.4) is 0 Å². The van der Waals surface area contributed by atoms with Gasteiger partial charge in [-0.15, -0.1) is 0 Å². The molecule has 1 heterocycles. The first-order valence-corrected chi connectivity index (χ1v) is 15.1. The molecule has 39 heavy (non-hydrogen) atoms. The summed E-state index contributed by atoms with van der Waals surface area (Å²) in [7, 11) is -4.02. The van der Waals surface area contributed by atoms with Crippen molar-refractivity contribution in [1.29, 1.82) is 0 Å². The number of aliphatic hydroxyl groups excluding tert-OH is 1. The molecule has 0 bridgehead atoms. The van der Waals surface area contributed by atoms with E-state index in [4.69, 9.17) is 4.18 Å². The van der Waals surface area contributed by atoms with Gasteiger partial charge in [-0.05, 0) is 67.6 Å². The number of carbonyl (C=O) groups excluding carboxylic acids is 1. The monoisotopic (exact) mass is 548 g/mol. The van der Waals surface area contributed by atoms with Gasteiger partial charge in [-0.3, -0.25) is 8.98 Å². The molecule has 2 atom stereocenters. The van der Waals surface area contributed by atoms with Crippen molar-refractivity contribution in [3.05, 3.63) is 89.5 Å². The molecule has 2 N–H and O–H groups in total. The van der Waals surface area contributed by atoms with Crippen LogP contribution in [0.4, 0.5) is 11.4 Å². The third kappa shape index (κ3) is 6.35. The van der Waals surface area contributed by atoms with Crippen LogP contribution in [0.5, 0.6) is 0 Å². The number of fused-ring (bicyclic) bond motifs is 1. The fraction of sp³-hybridized carbons (Fsp3) is 0.387. The molecule has 5 rings (SSSR count). The molecule has 0 spiro atoms. The number of hydrogen-bond donors (Lipinski definition) is 2. The lowest BCUT2D eigenvalue weighted by Crippen LogP contribution is -2.38. The summed E-state index contributed by atoms with van der Waals surface area (Å²) < 4.78 is 30.9. The number of hydrogen-bond acceptors (Lipinski definition) is 6. The molecule has 2 unspecified atom stereocenters. The first-order valence-electron chi connectivity index (χ1n) is 13.7. The molecular formula is C31H36N2O5S. The highest BCUT2D eigenvalue weighted by molar-refractivity contribution is 7.86. The highest BCUT2D eigenvalue weighted by Gasteiger charge is 2.34. The average Bonchev–Trinajstić information content (AvgIpc) is 3.36. The Balaban J connectivity index is 1.33. The minimum Gasteiger partial charge on any atom is -0.388 e. The Morgan fingerprint density at radius 2 is 1.74 bits per heavy atom. The Morgan fingerprint density at radius 3 is 2.46 bits per heavy atom. The van der Waals surface area contributed by atoms with E-state index in [2.05, 4.69) is 10.2 Å². The Hall–Kier alpha value is -3.20. The third-order valence-corrected chi connectivity index (χ3v) is 9.10. The molecule has 0 aromatic heterocycles. The summed E-state index contributed by atoms with van der Waals surface area (Å²) in [6, 6.07) is 21.4. The van der Waals surface area contributed by atoms with Gasteiger partial charge in [0.25, 0.3) is 10.1 Å².